The van der Waals surface area contributed by atoms with Gasteiger partial charge in [0, 0.05) is 29.1 Å². The van der Waals surface area contributed by atoms with Crippen LogP contribution in [0.5, 0.6) is 5.75 Å². The van der Waals surface area contributed by atoms with Gasteiger partial charge in [0.2, 0.25) is 5.95 Å². The number of benzene rings is 1. The van der Waals surface area contributed by atoms with E-state index >= 15 is 0 Å². The summed E-state index contributed by atoms with van der Waals surface area (Å²) in [4.78, 5) is 13.4. The van der Waals surface area contributed by atoms with Gasteiger partial charge in [-0.15, -0.1) is 5.10 Å². The summed E-state index contributed by atoms with van der Waals surface area (Å²) < 4.78 is 9.31. The summed E-state index contributed by atoms with van der Waals surface area (Å²) in [6.07, 6.45) is 3.72. The van der Waals surface area contributed by atoms with Crippen LogP contribution in [0.3, 0.4) is 0 Å². The summed E-state index contributed by atoms with van der Waals surface area (Å²) in [6.45, 7) is 10.4. The van der Waals surface area contributed by atoms with E-state index < -0.39 is 0 Å². The Labute approximate surface area is 169 Å². The molecular formula is C21H25N7O. The Morgan fingerprint density at radius 1 is 1.03 bits per heavy atom. The molecule has 8 nitrogen and oxygen atoms in total. The van der Waals surface area contributed by atoms with Gasteiger partial charge in [-0.2, -0.15) is 9.50 Å². The molecule has 0 atom stereocenters. The Morgan fingerprint density at radius 2 is 1.83 bits per heavy atom. The van der Waals surface area contributed by atoms with E-state index in [1.54, 1.807) is 18.0 Å². The molecule has 4 aromatic rings. The van der Waals surface area contributed by atoms with Crippen LogP contribution < -0.4 is 10.1 Å². The van der Waals surface area contributed by atoms with Crippen molar-refractivity contribution >= 4 is 17.4 Å². The maximum absolute atomic E-state index is 5.58. The first kappa shape index (κ1) is 18.9. The van der Waals surface area contributed by atoms with Crippen LogP contribution in [0.25, 0.3) is 11.5 Å². The van der Waals surface area contributed by atoms with Crippen LogP contribution in [0.15, 0.2) is 36.8 Å². The summed E-state index contributed by atoms with van der Waals surface area (Å²) in [7, 11) is 1.65. The van der Waals surface area contributed by atoms with E-state index in [0.717, 1.165) is 34.2 Å². The fraction of sp³-hybridized carbons (Fsp3) is 0.333. The zero-order valence-electron chi connectivity index (χ0n) is 17.6. The first-order valence-corrected chi connectivity index (χ1v) is 9.45. The molecule has 0 saturated heterocycles. The molecule has 3 aromatic heterocycles. The summed E-state index contributed by atoms with van der Waals surface area (Å²) in [5, 5.41) is 7.89. The lowest BCUT2D eigenvalue weighted by molar-refractivity contribution is 0.413. The third kappa shape index (κ3) is 3.65. The number of rotatable bonds is 4. The van der Waals surface area contributed by atoms with Gasteiger partial charge in [0.1, 0.15) is 5.75 Å². The lowest BCUT2D eigenvalue weighted by Crippen LogP contribution is -2.18. The van der Waals surface area contributed by atoms with Crippen molar-refractivity contribution in [1.29, 1.82) is 0 Å². The minimum atomic E-state index is -0.0787. The number of fused-ring (bicyclic) bond motifs is 1. The average molecular weight is 391 g/mol. The van der Waals surface area contributed by atoms with Gasteiger partial charge in [-0.05, 0) is 32.0 Å². The van der Waals surface area contributed by atoms with Gasteiger partial charge in [0.05, 0.1) is 30.5 Å². The van der Waals surface area contributed by atoms with Crippen LogP contribution in [0, 0.1) is 13.8 Å². The van der Waals surface area contributed by atoms with Gasteiger partial charge in [0.25, 0.3) is 5.78 Å². The highest BCUT2D eigenvalue weighted by Crippen LogP contribution is 2.29. The molecule has 1 aromatic carbocycles. The molecule has 0 amide bonds. The lowest BCUT2D eigenvalue weighted by atomic mass is 9.91. The maximum atomic E-state index is 5.58. The fourth-order valence-corrected chi connectivity index (χ4v) is 3.22. The first-order valence-electron chi connectivity index (χ1n) is 9.45. The zero-order valence-corrected chi connectivity index (χ0v) is 17.6. The molecule has 0 fully saturated rings. The minimum Gasteiger partial charge on any atom is -0.494 e. The molecule has 0 aliphatic heterocycles. The molecule has 3 heterocycles. The normalized spacial score (nSPS) is 11.8. The van der Waals surface area contributed by atoms with Crippen molar-refractivity contribution in [2.45, 2.75) is 40.0 Å². The molecule has 0 saturated carbocycles. The quantitative estimate of drug-likeness (QED) is 0.567. The number of hydrogen-bond acceptors (Lipinski definition) is 6. The van der Waals surface area contributed by atoms with Crippen LogP contribution in [0.2, 0.25) is 0 Å². The minimum absolute atomic E-state index is 0.0787. The zero-order chi connectivity index (χ0) is 20.8. The number of imidazole rings is 1. The second-order valence-corrected chi connectivity index (χ2v) is 8.11. The number of nitrogens with zero attached hydrogens (tertiary/aromatic N) is 6. The molecule has 0 radical (unpaired) electrons. The van der Waals surface area contributed by atoms with E-state index in [2.05, 4.69) is 52.2 Å². The van der Waals surface area contributed by atoms with Gasteiger partial charge in [0.15, 0.2) is 0 Å². The predicted octanol–water partition coefficient (Wildman–Crippen LogP) is 3.98. The topological polar surface area (TPSA) is 82.2 Å². The smallest absolute Gasteiger partial charge is 0.254 e. The highest BCUT2D eigenvalue weighted by atomic mass is 16.5. The van der Waals surface area contributed by atoms with Gasteiger partial charge in [-0.25, -0.2) is 9.97 Å². The van der Waals surface area contributed by atoms with Crippen molar-refractivity contribution in [3.8, 4) is 11.4 Å². The molecule has 0 aliphatic carbocycles. The standard InChI is InChI=1S/C21H25N7O/c1-13-9-18(21(3,4)5)28-20(23-13)25-19(26-28)24-15-7-8-16(17(10-15)29-6)27-11-14(2)22-12-27/h7-12H,1-6H3,(H,24,26). The van der Waals surface area contributed by atoms with E-state index in [1.807, 2.05) is 42.8 Å². The number of methoxy groups -OCH3 is 1. The number of ether oxygens (including phenoxy) is 1. The Kier molecular flexibility index (Phi) is 4.49. The molecule has 0 unspecified atom stereocenters. The van der Waals surface area contributed by atoms with Gasteiger partial charge >= 0.3 is 0 Å². The number of hydrogen-bond donors (Lipinski definition) is 1. The van der Waals surface area contributed by atoms with Crippen molar-refractivity contribution in [2.75, 3.05) is 12.4 Å². The van der Waals surface area contributed by atoms with Crippen LogP contribution in [0.4, 0.5) is 11.6 Å². The third-order valence-corrected chi connectivity index (χ3v) is 4.63. The van der Waals surface area contributed by atoms with E-state index in [9.17, 15) is 0 Å². The second-order valence-electron chi connectivity index (χ2n) is 8.11. The molecule has 29 heavy (non-hydrogen) atoms. The number of nitrogens with one attached hydrogen (secondary N) is 1. The summed E-state index contributed by atoms with van der Waals surface area (Å²) in [6, 6.07) is 7.90. The van der Waals surface area contributed by atoms with Crippen molar-refractivity contribution in [2.24, 2.45) is 0 Å². The summed E-state index contributed by atoms with van der Waals surface area (Å²) in [5.41, 5.74) is 4.58. The molecular weight excluding hydrogens is 366 g/mol. The molecule has 0 aliphatic rings. The highest BCUT2D eigenvalue weighted by Gasteiger charge is 2.21. The maximum Gasteiger partial charge on any atom is 0.254 e. The molecule has 0 bridgehead atoms. The van der Waals surface area contributed by atoms with Crippen LogP contribution in [-0.4, -0.2) is 36.2 Å². The van der Waals surface area contributed by atoms with E-state index in [4.69, 9.17) is 4.74 Å². The van der Waals surface area contributed by atoms with Crippen LogP contribution >= 0.6 is 0 Å². The number of aryl methyl sites for hydroxylation is 2. The van der Waals surface area contributed by atoms with Crippen molar-refractivity contribution < 1.29 is 4.74 Å². The molecule has 8 heteroatoms. The average Bonchev–Trinajstić information content (AvgIpc) is 3.25. The summed E-state index contributed by atoms with van der Waals surface area (Å²) >= 11 is 0. The van der Waals surface area contributed by atoms with Crippen LogP contribution in [-0.2, 0) is 5.41 Å². The Hall–Kier alpha value is -3.42. The Morgan fingerprint density at radius 3 is 2.48 bits per heavy atom. The highest BCUT2D eigenvalue weighted by molar-refractivity contribution is 5.62. The van der Waals surface area contributed by atoms with Gasteiger partial charge < -0.3 is 14.6 Å². The van der Waals surface area contributed by atoms with Crippen molar-refractivity contribution in [3.05, 3.63) is 53.9 Å². The van der Waals surface area contributed by atoms with E-state index in [1.165, 1.54) is 0 Å². The van der Waals surface area contributed by atoms with E-state index in [0.29, 0.717) is 11.7 Å². The van der Waals surface area contributed by atoms with Gasteiger partial charge in [-0.3, -0.25) is 0 Å². The fourth-order valence-electron chi connectivity index (χ4n) is 3.22. The van der Waals surface area contributed by atoms with Crippen LogP contribution in [0.1, 0.15) is 37.9 Å². The number of anilines is 2. The first-order chi connectivity index (χ1) is 13.7. The molecule has 150 valence electrons. The predicted molar refractivity (Wildman–Crippen MR) is 112 cm³/mol. The summed E-state index contributed by atoms with van der Waals surface area (Å²) in [5.74, 6) is 1.79. The Bertz CT molecular complexity index is 1180. The second kappa shape index (κ2) is 6.88. The van der Waals surface area contributed by atoms with Crippen molar-refractivity contribution in [1.82, 2.24) is 29.1 Å². The third-order valence-electron chi connectivity index (χ3n) is 4.63. The molecule has 1 N–H and O–H groups in total. The molecule has 0 spiro atoms. The SMILES string of the molecule is COc1cc(Nc2nc3nc(C)cc(C(C)(C)C)n3n2)ccc1-n1cnc(C)c1. The largest absolute Gasteiger partial charge is 0.494 e. The number of aromatic nitrogens is 6. The van der Waals surface area contributed by atoms with Crippen molar-refractivity contribution in [3.63, 3.8) is 0 Å². The van der Waals surface area contributed by atoms with E-state index in [-0.39, 0.29) is 5.41 Å². The Balaban J connectivity index is 1.70. The van der Waals surface area contributed by atoms with Gasteiger partial charge in [-0.1, -0.05) is 20.8 Å². The monoisotopic (exact) mass is 391 g/mol. The lowest BCUT2D eigenvalue weighted by Gasteiger charge is -2.19. The molecule has 4 rings (SSSR count).